The van der Waals surface area contributed by atoms with Crippen LogP contribution in [0.15, 0.2) is 24.3 Å². The first-order chi connectivity index (χ1) is 7.84. The fourth-order valence-electron chi connectivity index (χ4n) is 1.65. The van der Waals surface area contributed by atoms with Crippen molar-refractivity contribution in [3.63, 3.8) is 0 Å². The van der Waals surface area contributed by atoms with E-state index in [2.05, 4.69) is 0 Å². The molecule has 0 bridgehead atoms. The van der Waals surface area contributed by atoms with Gasteiger partial charge in [-0.3, -0.25) is 0 Å². The Kier molecular flexibility index (Phi) is 4.54. The minimum Gasteiger partial charge on any atom is -0.396 e. The highest BCUT2D eigenvalue weighted by Crippen LogP contribution is 2.30. The van der Waals surface area contributed by atoms with Crippen molar-refractivity contribution in [3.8, 4) is 0 Å². The summed E-state index contributed by atoms with van der Waals surface area (Å²) in [5.74, 6) is -0.160. The standard InChI is InChI=1S/C12H16F3NO/c1-16(2)7-10(8-17)9-3-5-11(6-4-9)12(13,14)15/h3-6,10,17H,7-8H2,1-2H3. The average molecular weight is 247 g/mol. The smallest absolute Gasteiger partial charge is 0.396 e. The highest BCUT2D eigenvalue weighted by molar-refractivity contribution is 5.27. The van der Waals surface area contributed by atoms with Gasteiger partial charge in [-0.05, 0) is 31.8 Å². The molecule has 0 aliphatic carbocycles. The van der Waals surface area contributed by atoms with E-state index >= 15 is 0 Å². The molecule has 0 saturated carbocycles. The molecule has 0 spiro atoms. The van der Waals surface area contributed by atoms with Gasteiger partial charge in [0.15, 0.2) is 0 Å². The van der Waals surface area contributed by atoms with E-state index in [1.165, 1.54) is 12.1 Å². The largest absolute Gasteiger partial charge is 0.416 e. The van der Waals surface area contributed by atoms with Crippen LogP contribution in [0.5, 0.6) is 0 Å². The van der Waals surface area contributed by atoms with Gasteiger partial charge in [-0.25, -0.2) is 0 Å². The molecule has 96 valence electrons. The lowest BCUT2D eigenvalue weighted by molar-refractivity contribution is -0.137. The van der Waals surface area contributed by atoms with Gasteiger partial charge >= 0.3 is 6.18 Å². The predicted molar refractivity (Wildman–Crippen MR) is 59.8 cm³/mol. The van der Waals surface area contributed by atoms with E-state index in [4.69, 9.17) is 0 Å². The molecule has 1 atom stereocenters. The molecule has 0 radical (unpaired) electrons. The van der Waals surface area contributed by atoms with E-state index < -0.39 is 11.7 Å². The van der Waals surface area contributed by atoms with E-state index in [1.807, 2.05) is 19.0 Å². The quantitative estimate of drug-likeness (QED) is 0.882. The molecule has 1 aromatic rings. The second-order valence-electron chi connectivity index (χ2n) is 4.26. The first kappa shape index (κ1) is 14.0. The maximum absolute atomic E-state index is 12.4. The number of hydrogen-bond donors (Lipinski definition) is 1. The average Bonchev–Trinajstić information content (AvgIpc) is 2.24. The minimum atomic E-state index is -4.31. The van der Waals surface area contributed by atoms with Crippen molar-refractivity contribution < 1.29 is 18.3 Å². The van der Waals surface area contributed by atoms with Gasteiger partial charge in [-0.1, -0.05) is 12.1 Å². The number of hydrogen-bond acceptors (Lipinski definition) is 2. The first-order valence-electron chi connectivity index (χ1n) is 5.27. The molecule has 1 rings (SSSR count). The zero-order chi connectivity index (χ0) is 13.1. The molecule has 0 fully saturated rings. The molecular weight excluding hydrogens is 231 g/mol. The van der Waals surface area contributed by atoms with Gasteiger partial charge in [-0.15, -0.1) is 0 Å². The van der Waals surface area contributed by atoms with Gasteiger partial charge in [0.1, 0.15) is 0 Å². The number of aliphatic hydroxyl groups is 1. The summed E-state index contributed by atoms with van der Waals surface area (Å²) in [6.07, 6.45) is -4.31. The minimum absolute atomic E-state index is 0.0798. The van der Waals surface area contributed by atoms with Crippen LogP contribution in [0.3, 0.4) is 0 Å². The highest BCUT2D eigenvalue weighted by Gasteiger charge is 2.30. The van der Waals surface area contributed by atoms with Crippen LogP contribution < -0.4 is 0 Å². The molecule has 0 aromatic heterocycles. The van der Waals surface area contributed by atoms with Gasteiger partial charge < -0.3 is 10.0 Å². The zero-order valence-electron chi connectivity index (χ0n) is 9.83. The van der Waals surface area contributed by atoms with Crippen LogP contribution in [-0.4, -0.2) is 37.3 Å². The van der Waals surface area contributed by atoms with E-state index in [0.717, 1.165) is 12.1 Å². The van der Waals surface area contributed by atoms with Crippen molar-refractivity contribution in [2.24, 2.45) is 0 Å². The number of aliphatic hydroxyl groups excluding tert-OH is 1. The maximum Gasteiger partial charge on any atom is 0.416 e. The molecule has 0 saturated heterocycles. The van der Waals surface area contributed by atoms with Gasteiger partial charge in [0.25, 0.3) is 0 Å². The second-order valence-corrected chi connectivity index (χ2v) is 4.26. The number of alkyl halides is 3. The Morgan fingerprint density at radius 3 is 2.06 bits per heavy atom. The molecule has 0 heterocycles. The lowest BCUT2D eigenvalue weighted by atomic mass is 9.98. The van der Waals surface area contributed by atoms with Crippen LogP contribution in [0, 0.1) is 0 Å². The van der Waals surface area contributed by atoms with Crippen LogP contribution >= 0.6 is 0 Å². The van der Waals surface area contributed by atoms with Crippen molar-refractivity contribution in [1.29, 1.82) is 0 Å². The number of benzene rings is 1. The zero-order valence-corrected chi connectivity index (χ0v) is 9.83. The normalized spacial score (nSPS) is 14.1. The van der Waals surface area contributed by atoms with Gasteiger partial charge in [-0.2, -0.15) is 13.2 Å². The molecule has 1 aromatic carbocycles. The third kappa shape index (κ3) is 4.02. The summed E-state index contributed by atoms with van der Waals surface area (Å²) >= 11 is 0. The topological polar surface area (TPSA) is 23.5 Å². The van der Waals surface area contributed by atoms with E-state index in [9.17, 15) is 18.3 Å². The fraction of sp³-hybridized carbons (Fsp3) is 0.500. The van der Waals surface area contributed by atoms with Crippen LogP contribution in [0.2, 0.25) is 0 Å². The summed E-state index contributed by atoms with van der Waals surface area (Å²) in [5, 5.41) is 9.21. The Hall–Kier alpha value is -1.07. The summed E-state index contributed by atoms with van der Waals surface area (Å²) in [7, 11) is 3.71. The van der Waals surface area contributed by atoms with Crippen LogP contribution in [0.25, 0.3) is 0 Å². The van der Waals surface area contributed by atoms with Crippen LogP contribution in [0.4, 0.5) is 13.2 Å². The monoisotopic (exact) mass is 247 g/mol. The maximum atomic E-state index is 12.4. The van der Waals surface area contributed by atoms with Gasteiger partial charge in [0.2, 0.25) is 0 Å². The molecule has 17 heavy (non-hydrogen) atoms. The number of likely N-dealkylation sites (N-methyl/N-ethyl adjacent to an activating group) is 1. The van der Waals surface area contributed by atoms with Crippen LogP contribution in [0.1, 0.15) is 17.0 Å². The summed E-state index contributed by atoms with van der Waals surface area (Å²) in [4.78, 5) is 1.89. The molecule has 2 nitrogen and oxygen atoms in total. The van der Waals surface area contributed by atoms with Crippen molar-refractivity contribution in [2.75, 3.05) is 27.2 Å². The summed E-state index contributed by atoms with van der Waals surface area (Å²) < 4.78 is 37.1. The SMILES string of the molecule is CN(C)CC(CO)c1ccc(C(F)(F)F)cc1. The summed E-state index contributed by atoms with van der Waals surface area (Å²) in [6.45, 7) is 0.519. The Bertz CT molecular complexity index is 346. The molecular formula is C12H16F3NO. The van der Waals surface area contributed by atoms with Crippen LogP contribution in [-0.2, 0) is 6.18 Å². The molecule has 5 heteroatoms. The summed E-state index contributed by atoms with van der Waals surface area (Å²) in [5.41, 5.74) is 0.0528. The van der Waals surface area contributed by atoms with Crippen molar-refractivity contribution in [1.82, 2.24) is 4.90 Å². The number of rotatable bonds is 4. The van der Waals surface area contributed by atoms with E-state index in [-0.39, 0.29) is 12.5 Å². The fourth-order valence-corrected chi connectivity index (χ4v) is 1.65. The lowest BCUT2D eigenvalue weighted by Gasteiger charge is -2.19. The Balaban J connectivity index is 2.85. The molecule has 1 unspecified atom stereocenters. The van der Waals surface area contributed by atoms with Gasteiger partial charge in [0.05, 0.1) is 12.2 Å². The highest BCUT2D eigenvalue weighted by atomic mass is 19.4. The summed E-state index contributed by atoms with van der Waals surface area (Å²) in [6, 6.07) is 4.95. The Labute approximate surface area is 98.7 Å². The van der Waals surface area contributed by atoms with Crippen molar-refractivity contribution in [2.45, 2.75) is 12.1 Å². The molecule has 0 aliphatic rings. The molecule has 0 aliphatic heterocycles. The molecule has 1 N–H and O–H groups in total. The Morgan fingerprint density at radius 1 is 1.18 bits per heavy atom. The number of nitrogens with zero attached hydrogens (tertiary/aromatic N) is 1. The Morgan fingerprint density at radius 2 is 1.71 bits per heavy atom. The predicted octanol–water partition coefficient (Wildman–Crippen LogP) is 2.34. The van der Waals surface area contributed by atoms with Crippen molar-refractivity contribution in [3.05, 3.63) is 35.4 Å². The van der Waals surface area contributed by atoms with E-state index in [1.54, 1.807) is 0 Å². The molecule has 0 amide bonds. The van der Waals surface area contributed by atoms with Gasteiger partial charge in [0, 0.05) is 12.5 Å². The van der Waals surface area contributed by atoms with Crippen molar-refractivity contribution >= 4 is 0 Å². The lowest BCUT2D eigenvalue weighted by Crippen LogP contribution is -2.22. The first-order valence-corrected chi connectivity index (χ1v) is 5.27. The third-order valence-corrected chi connectivity index (χ3v) is 2.52. The second kappa shape index (κ2) is 5.51. The number of halogens is 3. The van der Waals surface area contributed by atoms with E-state index in [0.29, 0.717) is 12.1 Å². The third-order valence-electron chi connectivity index (χ3n) is 2.52.